The molecule has 2 aromatic rings. The van der Waals surface area contributed by atoms with E-state index in [-0.39, 0.29) is 41.7 Å². The number of carbonyl (C=O) groups is 1. The molecule has 0 atom stereocenters. The fourth-order valence-corrected chi connectivity index (χ4v) is 4.87. The summed E-state index contributed by atoms with van der Waals surface area (Å²) in [6.45, 7) is 3.25. The Morgan fingerprint density at radius 3 is 2.59 bits per heavy atom. The van der Waals surface area contributed by atoms with Gasteiger partial charge < -0.3 is 10.2 Å². The quantitative estimate of drug-likeness (QED) is 0.742. The maximum Gasteiger partial charge on any atom is 0.279 e. The van der Waals surface area contributed by atoms with Gasteiger partial charge in [0, 0.05) is 0 Å². The highest BCUT2D eigenvalue weighted by molar-refractivity contribution is 7.89. The molecule has 0 bridgehead atoms. The number of quaternary nitrogens is 1. The Labute approximate surface area is 169 Å². The van der Waals surface area contributed by atoms with Gasteiger partial charge in [0.25, 0.3) is 5.91 Å². The summed E-state index contributed by atoms with van der Waals surface area (Å²) in [5, 5.41) is 11.7. The van der Waals surface area contributed by atoms with Crippen LogP contribution in [-0.4, -0.2) is 51.4 Å². The molecule has 2 aromatic carbocycles. The zero-order chi connectivity index (χ0) is 21.0. The van der Waals surface area contributed by atoms with E-state index in [2.05, 4.69) is 5.32 Å². The van der Waals surface area contributed by atoms with Gasteiger partial charge in [-0.1, -0.05) is 18.2 Å². The summed E-state index contributed by atoms with van der Waals surface area (Å²) in [6, 6.07) is 12.6. The first kappa shape index (κ1) is 20.9. The minimum Gasteiger partial charge on any atom is -0.325 e. The second-order valence-electron chi connectivity index (χ2n) is 6.97. The third kappa shape index (κ3) is 4.79. The van der Waals surface area contributed by atoms with Crippen molar-refractivity contribution in [3.05, 3.63) is 59.4 Å². The maximum atomic E-state index is 13.9. The first-order valence-electron chi connectivity index (χ1n) is 9.20. The fourth-order valence-electron chi connectivity index (χ4n) is 3.29. The number of aryl methyl sites for hydroxylation is 1. The van der Waals surface area contributed by atoms with E-state index in [0.717, 1.165) is 10.5 Å². The standard InChI is InChI=1S/C20H21FN4O3S/c1-15-6-7-18(17(21)12-15)23-20(26)14-24-8-10-25(11-9-24)29(27,28)19-5-3-2-4-16(19)13-22/h2-7,12H,8-11,14H2,1H3,(H,23,26)/p+1. The third-order valence-electron chi connectivity index (χ3n) is 4.86. The number of piperazine rings is 1. The van der Waals surface area contributed by atoms with Gasteiger partial charge in [0.15, 0.2) is 6.54 Å². The van der Waals surface area contributed by atoms with Crippen molar-refractivity contribution in [2.45, 2.75) is 11.8 Å². The van der Waals surface area contributed by atoms with Crippen LogP contribution in [0.25, 0.3) is 0 Å². The van der Waals surface area contributed by atoms with Crippen LogP contribution in [0.1, 0.15) is 11.1 Å². The van der Waals surface area contributed by atoms with Crippen molar-refractivity contribution in [2.24, 2.45) is 0 Å². The van der Waals surface area contributed by atoms with Crippen molar-refractivity contribution in [3.8, 4) is 6.07 Å². The van der Waals surface area contributed by atoms with Crippen LogP contribution in [0, 0.1) is 24.1 Å². The Balaban J connectivity index is 1.59. The van der Waals surface area contributed by atoms with E-state index >= 15 is 0 Å². The summed E-state index contributed by atoms with van der Waals surface area (Å²) < 4.78 is 40.9. The largest absolute Gasteiger partial charge is 0.325 e. The van der Waals surface area contributed by atoms with Gasteiger partial charge in [-0.3, -0.25) is 4.79 Å². The van der Waals surface area contributed by atoms with Crippen molar-refractivity contribution in [2.75, 3.05) is 38.0 Å². The van der Waals surface area contributed by atoms with Crippen LogP contribution in [0.5, 0.6) is 0 Å². The predicted octanol–water partition coefficient (Wildman–Crippen LogP) is 0.534. The molecule has 9 heteroatoms. The molecule has 152 valence electrons. The topological polar surface area (TPSA) is 94.7 Å². The molecule has 0 aromatic heterocycles. The highest BCUT2D eigenvalue weighted by Gasteiger charge is 2.32. The van der Waals surface area contributed by atoms with Crippen molar-refractivity contribution in [1.82, 2.24) is 4.31 Å². The maximum absolute atomic E-state index is 13.9. The van der Waals surface area contributed by atoms with Gasteiger partial charge in [0.2, 0.25) is 10.0 Å². The Kier molecular flexibility index (Phi) is 6.27. The Morgan fingerprint density at radius 2 is 1.93 bits per heavy atom. The molecule has 1 aliphatic rings. The lowest BCUT2D eigenvalue weighted by molar-refractivity contribution is -0.895. The molecule has 1 saturated heterocycles. The number of nitrogens with one attached hydrogen (secondary N) is 2. The molecule has 1 heterocycles. The van der Waals surface area contributed by atoms with Crippen LogP contribution < -0.4 is 10.2 Å². The van der Waals surface area contributed by atoms with E-state index < -0.39 is 15.8 Å². The van der Waals surface area contributed by atoms with E-state index in [1.807, 2.05) is 6.07 Å². The Bertz CT molecular complexity index is 1060. The normalized spacial score (nSPS) is 15.6. The number of sulfonamides is 1. The first-order valence-corrected chi connectivity index (χ1v) is 10.6. The van der Waals surface area contributed by atoms with E-state index in [1.54, 1.807) is 25.1 Å². The number of carbonyl (C=O) groups excluding carboxylic acids is 1. The number of nitrogens with zero attached hydrogens (tertiary/aromatic N) is 2. The van der Waals surface area contributed by atoms with Crippen molar-refractivity contribution in [1.29, 1.82) is 5.26 Å². The molecule has 1 amide bonds. The Morgan fingerprint density at radius 1 is 1.24 bits per heavy atom. The number of rotatable bonds is 5. The number of anilines is 1. The molecule has 0 saturated carbocycles. The van der Waals surface area contributed by atoms with Gasteiger partial charge in [-0.05, 0) is 36.8 Å². The molecule has 0 radical (unpaired) electrons. The van der Waals surface area contributed by atoms with Gasteiger partial charge >= 0.3 is 0 Å². The molecule has 1 aliphatic heterocycles. The monoisotopic (exact) mass is 417 g/mol. The molecule has 1 fully saturated rings. The molecule has 0 unspecified atom stereocenters. The van der Waals surface area contributed by atoms with Crippen LogP contribution in [-0.2, 0) is 14.8 Å². The summed E-state index contributed by atoms with van der Waals surface area (Å²) in [5.74, 6) is -0.811. The number of hydrogen-bond donors (Lipinski definition) is 2. The van der Waals surface area contributed by atoms with Crippen LogP contribution in [0.15, 0.2) is 47.4 Å². The minimum atomic E-state index is -3.77. The zero-order valence-corrected chi connectivity index (χ0v) is 16.8. The molecule has 2 N–H and O–H groups in total. The van der Waals surface area contributed by atoms with Crippen molar-refractivity contribution >= 4 is 21.6 Å². The number of amides is 1. The van der Waals surface area contributed by atoms with Crippen molar-refractivity contribution in [3.63, 3.8) is 0 Å². The second kappa shape index (κ2) is 8.69. The predicted molar refractivity (Wildman–Crippen MR) is 105 cm³/mol. The average Bonchev–Trinajstić information content (AvgIpc) is 2.70. The Hall–Kier alpha value is -2.80. The van der Waals surface area contributed by atoms with Gasteiger partial charge in [-0.25, -0.2) is 12.8 Å². The van der Waals surface area contributed by atoms with Gasteiger partial charge in [-0.2, -0.15) is 9.57 Å². The van der Waals surface area contributed by atoms with Gasteiger partial charge in [0.05, 0.1) is 42.3 Å². The van der Waals surface area contributed by atoms with E-state index in [9.17, 15) is 17.6 Å². The average molecular weight is 417 g/mol. The van der Waals surface area contributed by atoms with E-state index in [4.69, 9.17) is 5.26 Å². The molecular formula is C20H22FN4O3S+. The summed E-state index contributed by atoms with van der Waals surface area (Å²) in [4.78, 5) is 13.1. The first-order chi connectivity index (χ1) is 13.8. The highest BCUT2D eigenvalue weighted by atomic mass is 32.2. The summed E-state index contributed by atoms with van der Waals surface area (Å²) in [7, 11) is -3.77. The van der Waals surface area contributed by atoms with Gasteiger partial charge in [-0.15, -0.1) is 0 Å². The number of nitriles is 1. The number of benzene rings is 2. The highest BCUT2D eigenvalue weighted by Crippen LogP contribution is 2.19. The zero-order valence-electron chi connectivity index (χ0n) is 16.0. The third-order valence-corrected chi connectivity index (χ3v) is 6.82. The van der Waals surface area contributed by atoms with E-state index in [0.29, 0.717) is 13.1 Å². The van der Waals surface area contributed by atoms with Crippen molar-refractivity contribution < 1.29 is 22.5 Å². The summed E-state index contributed by atoms with van der Waals surface area (Å²) >= 11 is 0. The lowest BCUT2D eigenvalue weighted by atomic mass is 10.2. The lowest BCUT2D eigenvalue weighted by Crippen LogP contribution is -3.15. The smallest absolute Gasteiger partial charge is 0.279 e. The van der Waals surface area contributed by atoms with Crippen LogP contribution >= 0.6 is 0 Å². The summed E-state index contributed by atoms with van der Waals surface area (Å²) in [6.07, 6.45) is 0. The molecule has 0 aliphatic carbocycles. The van der Waals surface area contributed by atoms with Crippen LogP contribution in [0.3, 0.4) is 0 Å². The molecular weight excluding hydrogens is 395 g/mol. The fraction of sp³-hybridized carbons (Fsp3) is 0.300. The van der Waals surface area contributed by atoms with E-state index in [1.165, 1.54) is 28.6 Å². The summed E-state index contributed by atoms with van der Waals surface area (Å²) in [5.41, 5.74) is 1.01. The molecule has 29 heavy (non-hydrogen) atoms. The van der Waals surface area contributed by atoms with Crippen LogP contribution in [0.4, 0.5) is 10.1 Å². The second-order valence-corrected chi connectivity index (χ2v) is 8.88. The molecule has 3 rings (SSSR count). The lowest BCUT2D eigenvalue weighted by Gasteiger charge is -2.31. The molecule has 7 nitrogen and oxygen atoms in total. The minimum absolute atomic E-state index is 0.00135. The molecule has 0 spiro atoms. The number of hydrogen-bond acceptors (Lipinski definition) is 4. The SMILES string of the molecule is Cc1ccc(NC(=O)C[NH+]2CCN(S(=O)(=O)c3ccccc3C#N)CC2)c(F)c1. The van der Waals surface area contributed by atoms with Gasteiger partial charge in [0.1, 0.15) is 11.9 Å². The number of halogens is 1. The van der Waals surface area contributed by atoms with Crippen LogP contribution in [0.2, 0.25) is 0 Å².